The van der Waals surface area contributed by atoms with E-state index >= 15 is 0 Å². The smallest absolute Gasteiger partial charge is 0.285 e. The lowest BCUT2D eigenvalue weighted by atomic mass is 10.0. The van der Waals surface area contributed by atoms with Crippen LogP contribution in [0.5, 0.6) is 0 Å². The molecule has 0 unspecified atom stereocenters. The van der Waals surface area contributed by atoms with Crippen molar-refractivity contribution >= 4 is 11.6 Å². The van der Waals surface area contributed by atoms with E-state index in [1.165, 1.54) is 83.5 Å². The number of aliphatic hydroxyl groups excluding tert-OH is 1. The number of rotatable bonds is 20. The first-order valence-corrected chi connectivity index (χ1v) is 12.6. The Morgan fingerprint density at radius 1 is 0.867 bits per heavy atom. The highest BCUT2D eigenvalue weighted by atomic mass is 16.3. The number of ketones is 1. The molecule has 0 fully saturated rings. The SMILES string of the molecule is CCCCCCCCCCCCCCCCCC(=O)c1ccc[n+](C)c1NCCO. The van der Waals surface area contributed by atoms with Crippen LogP contribution >= 0.6 is 0 Å². The van der Waals surface area contributed by atoms with Crippen LogP contribution in [0.1, 0.15) is 120 Å². The molecule has 0 bridgehead atoms. The van der Waals surface area contributed by atoms with Gasteiger partial charge in [-0.15, -0.1) is 0 Å². The number of aromatic nitrogens is 1. The van der Waals surface area contributed by atoms with Gasteiger partial charge in [0.2, 0.25) is 0 Å². The van der Waals surface area contributed by atoms with Gasteiger partial charge in [0.05, 0.1) is 19.9 Å². The Hall–Kier alpha value is -1.42. The number of pyridine rings is 1. The second-order valence-corrected chi connectivity index (χ2v) is 8.65. The molecule has 1 rings (SSSR count). The third-order valence-electron chi connectivity index (χ3n) is 5.89. The summed E-state index contributed by atoms with van der Waals surface area (Å²) in [4.78, 5) is 12.6. The molecule has 4 heteroatoms. The zero-order valence-corrected chi connectivity index (χ0v) is 19.8. The lowest BCUT2D eigenvalue weighted by Gasteiger charge is -2.08. The maximum absolute atomic E-state index is 12.6. The van der Waals surface area contributed by atoms with E-state index in [4.69, 9.17) is 5.11 Å². The minimum atomic E-state index is 0.0571. The minimum absolute atomic E-state index is 0.0571. The number of nitrogens with zero attached hydrogens (tertiary/aromatic N) is 1. The minimum Gasteiger partial charge on any atom is -0.392 e. The molecule has 172 valence electrons. The average molecular weight is 420 g/mol. The fourth-order valence-electron chi connectivity index (χ4n) is 4.02. The highest BCUT2D eigenvalue weighted by Gasteiger charge is 2.18. The molecule has 1 aromatic rings. The Kier molecular flexibility index (Phi) is 16.3. The van der Waals surface area contributed by atoms with Gasteiger partial charge in [-0.2, -0.15) is 0 Å². The van der Waals surface area contributed by atoms with Crippen LogP contribution in [0.25, 0.3) is 0 Å². The molecule has 0 amide bonds. The third-order valence-corrected chi connectivity index (χ3v) is 5.89. The normalized spacial score (nSPS) is 11.0. The van der Waals surface area contributed by atoms with Crippen molar-refractivity contribution in [3.8, 4) is 0 Å². The van der Waals surface area contributed by atoms with Gasteiger partial charge < -0.3 is 5.11 Å². The molecule has 1 aromatic heterocycles. The number of nitrogens with one attached hydrogen (secondary N) is 1. The van der Waals surface area contributed by atoms with Crippen molar-refractivity contribution in [2.75, 3.05) is 18.5 Å². The monoisotopic (exact) mass is 419 g/mol. The zero-order valence-electron chi connectivity index (χ0n) is 19.8. The van der Waals surface area contributed by atoms with E-state index in [-0.39, 0.29) is 12.4 Å². The number of aryl methyl sites for hydroxylation is 1. The van der Waals surface area contributed by atoms with Gasteiger partial charge in [0, 0.05) is 6.42 Å². The summed E-state index contributed by atoms with van der Waals surface area (Å²) in [7, 11) is 1.92. The van der Waals surface area contributed by atoms with Crippen molar-refractivity contribution in [1.29, 1.82) is 0 Å². The van der Waals surface area contributed by atoms with Crippen LogP contribution in [0.15, 0.2) is 18.3 Å². The number of carbonyl (C=O) groups is 1. The van der Waals surface area contributed by atoms with Gasteiger partial charge in [-0.1, -0.05) is 96.8 Å². The van der Waals surface area contributed by atoms with E-state index in [0.717, 1.165) is 24.2 Å². The molecule has 4 nitrogen and oxygen atoms in total. The molecular formula is C26H47N2O2+. The predicted molar refractivity (Wildman–Crippen MR) is 127 cm³/mol. The molecule has 0 saturated heterocycles. The van der Waals surface area contributed by atoms with Crippen LogP contribution < -0.4 is 9.88 Å². The Bertz CT molecular complexity index is 560. The van der Waals surface area contributed by atoms with Crippen LogP contribution in [0.2, 0.25) is 0 Å². The fourth-order valence-corrected chi connectivity index (χ4v) is 4.02. The quantitative estimate of drug-likeness (QED) is 0.147. The lowest BCUT2D eigenvalue weighted by molar-refractivity contribution is -0.657. The first-order chi connectivity index (χ1) is 14.7. The first-order valence-electron chi connectivity index (χ1n) is 12.6. The average Bonchev–Trinajstić information content (AvgIpc) is 2.75. The number of hydrogen-bond acceptors (Lipinski definition) is 3. The molecule has 0 aliphatic rings. The molecule has 0 atom stereocenters. The van der Waals surface area contributed by atoms with Gasteiger partial charge in [-0.05, 0) is 18.6 Å². The number of carbonyl (C=O) groups excluding carboxylic acids is 1. The molecule has 2 N–H and O–H groups in total. The van der Waals surface area contributed by atoms with Crippen molar-refractivity contribution in [1.82, 2.24) is 0 Å². The highest BCUT2D eigenvalue weighted by Crippen LogP contribution is 2.16. The first kappa shape index (κ1) is 26.6. The van der Waals surface area contributed by atoms with Crippen LogP contribution in [0, 0.1) is 0 Å². The van der Waals surface area contributed by atoms with Crippen LogP contribution in [0.4, 0.5) is 5.82 Å². The second-order valence-electron chi connectivity index (χ2n) is 8.65. The van der Waals surface area contributed by atoms with Crippen molar-refractivity contribution in [2.45, 2.75) is 110 Å². The molecule has 0 aliphatic carbocycles. The van der Waals surface area contributed by atoms with Gasteiger partial charge in [0.25, 0.3) is 5.82 Å². The molecule has 0 spiro atoms. The zero-order chi connectivity index (χ0) is 21.9. The van der Waals surface area contributed by atoms with E-state index < -0.39 is 0 Å². The van der Waals surface area contributed by atoms with Crippen molar-refractivity contribution in [3.05, 3.63) is 23.9 Å². The molecule has 0 saturated carbocycles. The summed E-state index contributed by atoms with van der Waals surface area (Å²) >= 11 is 0. The van der Waals surface area contributed by atoms with Crippen molar-refractivity contribution < 1.29 is 14.5 Å². The lowest BCUT2D eigenvalue weighted by Crippen LogP contribution is -2.34. The second kappa shape index (κ2) is 18.4. The number of unbranched alkanes of at least 4 members (excludes halogenated alkanes) is 14. The van der Waals surface area contributed by atoms with Gasteiger partial charge in [0.15, 0.2) is 5.78 Å². The fraction of sp³-hybridized carbons (Fsp3) is 0.769. The number of aliphatic hydroxyl groups is 1. The summed E-state index contributed by atoms with van der Waals surface area (Å²) in [6.45, 7) is 2.79. The topological polar surface area (TPSA) is 53.2 Å². The van der Waals surface area contributed by atoms with E-state index in [9.17, 15) is 4.79 Å². The summed E-state index contributed by atoms with van der Waals surface area (Å²) < 4.78 is 1.91. The van der Waals surface area contributed by atoms with E-state index in [1.807, 2.05) is 29.9 Å². The Balaban J connectivity index is 2.02. The van der Waals surface area contributed by atoms with Gasteiger partial charge in [-0.25, -0.2) is 4.57 Å². The van der Waals surface area contributed by atoms with E-state index in [0.29, 0.717) is 13.0 Å². The number of Topliss-reactive ketones (excluding diaryl/α,β-unsaturated/α-hetero) is 1. The molecular weight excluding hydrogens is 372 g/mol. The largest absolute Gasteiger partial charge is 0.392 e. The van der Waals surface area contributed by atoms with E-state index in [2.05, 4.69) is 12.2 Å². The molecule has 1 heterocycles. The highest BCUT2D eigenvalue weighted by molar-refractivity contribution is 5.99. The van der Waals surface area contributed by atoms with Crippen LogP contribution in [-0.4, -0.2) is 24.0 Å². The van der Waals surface area contributed by atoms with Crippen molar-refractivity contribution in [3.63, 3.8) is 0 Å². The Labute approximate surface area is 185 Å². The van der Waals surface area contributed by atoms with Crippen LogP contribution in [-0.2, 0) is 7.05 Å². The predicted octanol–water partition coefficient (Wildman–Crippen LogP) is 6.36. The van der Waals surface area contributed by atoms with E-state index in [1.54, 1.807) is 0 Å². The third kappa shape index (κ3) is 12.3. The summed E-state index contributed by atoms with van der Waals surface area (Å²) in [6.07, 6.45) is 22.6. The van der Waals surface area contributed by atoms with Gasteiger partial charge in [-0.3, -0.25) is 10.1 Å². The number of hydrogen-bond donors (Lipinski definition) is 2. The van der Waals surface area contributed by atoms with Crippen LogP contribution in [0.3, 0.4) is 0 Å². The summed E-state index contributed by atoms with van der Waals surface area (Å²) in [6, 6.07) is 3.79. The molecule has 0 aromatic carbocycles. The number of anilines is 1. The Morgan fingerprint density at radius 2 is 1.37 bits per heavy atom. The maximum atomic E-state index is 12.6. The van der Waals surface area contributed by atoms with Crippen molar-refractivity contribution in [2.24, 2.45) is 7.05 Å². The standard InChI is InChI=1S/C26H46N2O2/c1-3-4-5-6-7-8-9-10-11-12-13-14-15-16-17-20-25(30)24-19-18-22-28(2)26(24)27-21-23-29/h18-19,22,29H,3-17,20-21,23H2,1-2H3/p+1. The maximum Gasteiger partial charge on any atom is 0.285 e. The summed E-state index contributed by atoms with van der Waals surface area (Å²) in [5.41, 5.74) is 0.735. The molecule has 0 aliphatic heterocycles. The molecule has 30 heavy (non-hydrogen) atoms. The Morgan fingerprint density at radius 3 is 1.87 bits per heavy atom. The summed E-state index contributed by atoms with van der Waals surface area (Å²) in [5.74, 6) is 0.999. The summed E-state index contributed by atoms with van der Waals surface area (Å²) in [5, 5.41) is 12.2. The van der Waals surface area contributed by atoms with Gasteiger partial charge >= 0.3 is 0 Å². The molecule has 0 radical (unpaired) electrons. The van der Waals surface area contributed by atoms with Gasteiger partial charge in [0.1, 0.15) is 12.1 Å².